The van der Waals surface area contributed by atoms with Gasteiger partial charge in [-0.2, -0.15) is 0 Å². The molecule has 2 aromatic carbocycles. The van der Waals surface area contributed by atoms with Crippen molar-refractivity contribution in [1.29, 1.82) is 0 Å². The summed E-state index contributed by atoms with van der Waals surface area (Å²) >= 11 is 0. The smallest absolute Gasteiger partial charge is 0.0211 e. The van der Waals surface area contributed by atoms with Gasteiger partial charge < -0.3 is 0 Å². The summed E-state index contributed by atoms with van der Waals surface area (Å²) in [6.45, 7) is 14.4. The van der Waals surface area contributed by atoms with Gasteiger partial charge in [-0.25, -0.2) is 0 Å². The second kappa shape index (κ2) is 6.13. The van der Waals surface area contributed by atoms with Crippen LogP contribution in [0.2, 0.25) is 0 Å². The van der Waals surface area contributed by atoms with Gasteiger partial charge in [0.25, 0.3) is 0 Å². The lowest BCUT2D eigenvalue weighted by atomic mass is 9.62. The molecule has 0 heterocycles. The van der Waals surface area contributed by atoms with E-state index in [0.717, 1.165) is 0 Å². The minimum atomic E-state index is -0.0906. The Morgan fingerprint density at radius 2 is 1.48 bits per heavy atom. The molecule has 1 aliphatic rings. The number of benzene rings is 2. The lowest BCUT2D eigenvalue weighted by Gasteiger charge is -2.41. The molecule has 0 aliphatic heterocycles. The van der Waals surface area contributed by atoms with E-state index in [9.17, 15) is 0 Å². The summed E-state index contributed by atoms with van der Waals surface area (Å²) in [5, 5.41) is 0. The molecule has 2 unspecified atom stereocenters. The number of rotatable bonds is 2. The van der Waals surface area contributed by atoms with Crippen LogP contribution in [0.15, 0.2) is 73.8 Å². The van der Waals surface area contributed by atoms with E-state index >= 15 is 0 Å². The molecule has 0 bridgehead atoms. The maximum Gasteiger partial charge on any atom is 0.0211 e. The van der Waals surface area contributed by atoms with E-state index in [-0.39, 0.29) is 11.3 Å². The molecule has 2 atom stereocenters. The molecule has 0 heteroatoms. The first-order valence-electron chi connectivity index (χ1n) is 7.67. The second-order valence-electron chi connectivity index (χ2n) is 5.33. The summed E-state index contributed by atoms with van der Waals surface area (Å²) in [6.07, 6.45) is 4.12. The van der Waals surface area contributed by atoms with E-state index in [2.05, 4.69) is 80.8 Å². The molecule has 2 aromatic rings. The molecule has 1 aliphatic carbocycles. The monoisotopic (exact) mass is 276 g/mol. The van der Waals surface area contributed by atoms with Crippen LogP contribution in [0.25, 0.3) is 11.1 Å². The summed E-state index contributed by atoms with van der Waals surface area (Å²) in [6, 6.07) is 17.2. The number of allylic oxidation sites excluding steroid dienone is 2. The average Bonchev–Trinajstić information content (AvgIpc) is 2.57. The van der Waals surface area contributed by atoms with E-state index in [1.165, 1.54) is 22.3 Å². The average molecular weight is 276 g/mol. The third kappa shape index (κ3) is 2.25. The van der Waals surface area contributed by atoms with Gasteiger partial charge in [0.05, 0.1) is 0 Å². The molecule has 108 valence electrons. The van der Waals surface area contributed by atoms with E-state index in [1.54, 1.807) is 0 Å². The minimum absolute atomic E-state index is 0.0906. The van der Waals surface area contributed by atoms with Gasteiger partial charge in [-0.1, -0.05) is 81.5 Å². The van der Waals surface area contributed by atoms with Crippen LogP contribution in [0, 0.1) is 0 Å². The first-order chi connectivity index (χ1) is 10.2. The van der Waals surface area contributed by atoms with Gasteiger partial charge in [0, 0.05) is 11.3 Å². The maximum absolute atomic E-state index is 4.08. The topological polar surface area (TPSA) is 0 Å². The highest BCUT2D eigenvalue weighted by atomic mass is 14.4. The van der Waals surface area contributed by atoms with Crippen molar-refractivity contribution in [3.63, 3.8) is 0 Å². The highest BCUT2D eigenvalue weighted by Crippen LogP contribution is 2.51. The van der Waals surface area contributed by atoms with Gasteiger partial charge in [0.15, 0.2) is 0 Å². The van der Waals surface area contributed by atoms with Gasteiger partial charge in [0.1, 0.15) is 0 Å². The highest BCUT2D eigenvalue weighted by molar-refractivity contribution is 5.77. The lowest BCUT2D eigenvalue weighted by molar-refractivity contribution is 0.526. The van der Waals surface area contributed by atoms with Crippen LogP contribution < -0.4 is 0 Å². The van der Waals surface area contributed by atoms with Gasteiger partial charge in [-0.3, -0.25) is 0 Å². The Morgan fingerprint density at radius 1 is 0.905 bits per heavy atom. The van der Waals surface area contributed by atoms with E-state index in [1.807, 2.05) is 13.8 Å². The van der Waals surface area contributed by atoms with Crippen LogP contribution >= 0.6 is 0 Å². The molecule has 0 spiro atoms. The Bertz CT molecular complexity index is 651. The number of fused-ring (bicyclic) bond motifs is 3. The first kappa shape index (κ1) is 15.3. The molecule has 21 heavy (non-hydrogen) atoms. The Labute approximate surface area is 128 Å². The van der Waals surface area contributed by atoms with Crippen molar-refractivity contribution in [2.24, 2.45) is 0 Å². The normalized spacial score (nSPS) is 22.1. The summed E-state index contributed by atoms with van der Waals surface area (Å²) in [7, 11) is 0. The predicted molar refractivity (Wildman–Crippen MR) is 93.7 cm³/mol. The van der Waals surface area contributed by atoms with Crippen LogP contribution in [0.5, 0.6) is 0 Å². The third-order valence-corrected chi connectivity index (χ3v) is 4.40. The lowest BCUT2D eigenvalue weighted by Crippen LogP contribution is -2.31. The van der Waals surface area contributed by atoms with Crippen LogP contribution in [-0.2, 0) is 5.41 Å². The van der Waals surface area contributed by atoms with Crippen molar-refractivity contribution < 1.29 is 0 Å². The molecular weight excluding hydrogens is 252 g/mol. The van der Waals surface area contributed by atoms with Crippen molar-refractivity contribution in [2.75, 3.05) is 0 Å². The van der Waals surface area contributed by atoms with Crippen LogP contribution in [-0.4, -0.2) is 0 Å². The second-order valence-corrected chi connectivity index (χ2v) is 5.33. The van der Waals surface area contributed by atoms with E-state index in [0.29, 0.717) is 0 Å². The third-order valence-electron chi connectivity index (χ3n) is 4.40. The zero-order valence-electron chi connectivity index (χ0n) is 13.3. The molecule has 0 fully saturated rings. The van der Waals surface area contributed by atoms with Gasteiger partial charge in [-0.15, -0.1) is 13.2 Å². The molecule has 0 aromatic heterocycles. The summed E-state index contributed by atoms with van der Waals surface area (Å²) in [5.74, 6) is 0.274. The predicted octanol–water partition coefficient (Wildman–Crippen LogP) is 6.11. The van der Waals surface area contributed by atoms with Crippen molar-refractivity contribution in [3.05, 3.63) is 85.0 Å². The van der Waals surface area contributed by atoms with Gasteiger partial charge >= 0.3 is 0 Å². The SMILES string of the molecule is C=CC1c2ccccc2-c2ccccc2C1(C)C=C.CC. The molecule has 0 N–H and O–H groups in total. The van der Waals surface area contributed by atoms with Crippen molar-refractivity contribution in [3.8, 4) is 11.1 Å². The molecule has 3 rings (SSSR count). The fourth-order valence-corrected chi connectivity index (χ4v) is 3.30. The number of hydrogen-bond donors (Lipinski definition) is 0. The van der Waals surface area contributed by atoms with Crippen molar-refractivity contribution >= 4 is 0 Å². The fourth-order valence-electron chi connectivity index (χ4n) is 3.30. The molecule has 0 amide bonds. The summed E-state index contributed by atoms with van der Waals surface area (Å²) < 4.78 is 0. The molecule has 0 nitrogen and oxygen atoms in total. The van der Waals surface area contributed by atoms with Gasteiger partial charge in [0.2, 0.25) is 0 Å². The quantitative estimate of drug-likeness (QED) is 0.581. The minimum Gasteiger partial charge on any atom is -0.102 e. The molecular formula is C21H24. The molecule has 0 saturated heterocycles. The Hall–Kier alpha value is -2.08. The molecule has 0 saturated carbocycles. The van der Waals surface area contributed by atoms with E-state index in [4.69, 9.17) is 0 Å². The van der Waals surface area contributed by atoms with Crippen molar-refractivity contribution in [2.45, 2.75) is 32.1 Å². The maximum atomic E-state index is 4.08. The molecule has 0 radical (unpaired) electrons. The van der Waals surface area contributed by atoms with Crippen molar-refractivity contribution in [1.82, 2.24) is 0 Å². The Balaban J connectivity index is 0.000000774. The fraction of sp³-hybridized carbons (Fsp3) is 0.238. The number of hydrogen-bond acceptors (Lipinski definition) is 0. The zero-order chi connectivity index (χ0) is 15.5. The first-order valence-corrected chi connectivity index (χ1v) is 7.67. The Kier molecular flexibility index (Phi) is 4.47. The van der Waals surface area contributed by atoms with Crippen LogP contribution in [0.4, 0.5) is 0 Å². The highest BCUT2D eigenvalue weighted by Gasteiger charge is 2.39. The standard InChI is InChI=1S/C19H18.C2H6/c1-4-17-15-11-7-6-10-14(15)16-12-8-9-13-18(16)19(17,3)5-2;1-2/h4-13,17H,1-2H2,3H3;1-2H3. The Morgan fingerprint density at radius 3 is 2.10 bits per heavy atom. The van der Waals surface area contributed by atoms with Crippen LogP contribution in [0.1, 0.15) is 37.8 Å². The zero-order valence-corrected chi connectivity index (χ0v) is 13.3. The summed E-state index contributed by atoms with van der Waals surface area (Å²) in [5.41, 5.74) is 5.24. The van der Waals surface area contributed by atoms with Gasteiger partial charge in [-0.05, 0) is 22.3 Å². The largest absolute Gasteiger partial charge is 0.102 e. The summed E-state index contributed by atoms with van der Waals surface area (Å²) in [4.78, 5) is 0. The van der Waals surface area contributed by atoms with Crippen LogP contribution in [0.3, 0.4) is 0 Å². The van der Waals surface area contributed by atoms with E-state index < -0.39 is 0 Å².